The van der Waals surface area contributed by atoms with E-state index in [1.807, 2.05) is 0 Å². The average molecular weight is 375 g/mol. The van der Waals surface area contributed by atoms with Crippen molar-refractivity contribution < 1.29 is 13.2 Å². The normalized spacial score (nSPS) is 16.0. The lowest BCUT2D eigenvalue weighted by Gasteiger charge is -2.16. The molecule has 1 aliphatic carbocycles. The highest BCUT2D eigenvalue weighted by Gasteiger charge is 2.18. The highest BCUT2D eigenvalue weighted by Crippen LogP contribution is 2.17. The van der Waals surface area contributed by atoms with Crippen molar-refractivity contribution in [2.75, 3.05) is 19.3 Å². The molecule has 1 aromatic carbocycles. The number of carbonyl (C=O) groups is 1. The third kappa shape index (κ3) is 6.42. The molecule has 0 saturated heterocycles. The van der Waals surface area contributed by atoms with Crippen LogP contribution in [-0.2, 0) is 9.84 Å². The van der Waals surface area contributed by atoms with Crippen molar-refractivity contribution in [3.63, 3.8) is 0 Å². The Hall–Kier alpha value is -1.11. The van der Waals surface area contributed by atoms with Crippen molar-refractivity contribution in [2.45, 2.75) is 49.5 Å². The first-order chi connectivity index (χ1) is 11.0. The predicted molar refractivity (Wildman–Crippen MR) is 98.6 cm³/mol. The molecule has 0 spiro atoms. The first-order valence-electron chi connectivity index (χ1n) is 8.29. The Kier molecular flexibility index (Phi) is 8.73. The maximum atomic E-state index is 12.2. The number of nitrogens with one attached hydrogen (secondary N) is 2. The number of halogens is 1. The van der Waals surface area contributed by atoms with Crippen LogP contribution in [0.4, 0.5) is 0 Å². The van der Waals surface area contributed by atoms with Crippen molar-refractivity contribution in [3.05, 3.63) is 29.8 Å². The molecule has 1 aromatic rings. The molecule has 1 saturated carbocycles. The van der Waals surface area contributed by atoms with E-state index in [4.69, 9.17) is 0 Å². The van der Waals surface area contributed by atoms with E-state index in [1.54, 1.807) is 18.2 Å². The maximum absolute atomic E-state index is 12.2. The van der Waals surface area contributed by atoms with Crippen LogP contribution in [-0.4, -0.2) is 39.7 Å². The van der Waals surface area contributed by atoms with E-state index in [-0.39, 0.29) is 28.8 Å². The van der Waals surface area contributed by atoms with Gasteiger partial charge < -0.3 is 10.6 Å². The molecule has 0 aromatic heterocycles. The Morgan fingerprint density at radius 1 is 1.08 bits per heavy atom. The van der Waals surface area contributed by atoms with Crippen LogP contribution in [0.2, 0.25) is 0 Å². The topological polar surface area (TPSA) is 75.3 Å². The second kappa shape index (κ2) is 10.0. The van der Waals surface area contributed by atoms with Crippen LogP contribution >= 0.6 is 12.4 Å². The molecule has 0 aliphatic heterocycles. The first kappa shape index (κ1) is 20.9. The third-order valence-corrected chi connectivity index (χ3v) is 5.38. The van der Waals surface area contributed by atoms with Crippen LogP contribution in [0.1, 0.15) is 48.9 Å². The summed E-state index contributed by atoms with van der Waals surface area (Å²) in [5.41, 5.74) is 0.212. The molecule has 1 aliphatic rings. The van der Waals surface area contributed by atoms with E-state index in [0.717, 1.165) is 6.26 Å². The minimum absolute atomic E-state index is 0. The minimum atomic E-state index is -3.41. The van der Waals surface area contributed by atoms with Crippen LogP contribution < -0.4 is 10.6 Å². The summed E-state index contributed by atoms with van der Waals surface area (Å²) in [6, 6.07) is 6.85. The Balaban J connectivity index is 0.00000288. The summed E-state index contributed by atoms with van der Waals surface area (Å²) in [6.07, 6.45) is 8.69. The maximum Gasteiger partial charge on any atom is 0.252 e. The van der Waals surface area contributed by atoms with Gasteiger partial charge in [-0.2, -0.15) is 0 Å². The smallest absolute Gasteiger partial charge is 0.252 e. The van der Waals surface area contributed by atoms with Crippen LogP contribution in [0.25, 0.3) is 0 Å². The average Bonchev–Trinajstić information content (AvgIpc) is 2.79. The van der Waals surface area contributed by atoms with Crippen molar-refractivity contribution in [2.24, 2.45) is 0 Å². The number of carbonyl (C=O) groups excluding carboxylic acids is 1. The quantitative estimate of drug-likeness (QED) is 0.592. The number of hydrogen-bond donors (Lipinski definition) is 2. The van der Waals surface area contributed by atoms with E-state index >= 15 is 0 Å². The van der Waals surface area contributed by atoms with Gasteiger partial charge in [-0.1, -0.05) is 37.8 Å². The Labute approximate surface area is 150 Å². The van der Waals surface area contributed by atoms with Gasteiger partial charge >= 0.3 is 0 Å². The Morgan fingerprint density at radius 2 is 1.71 bits per heavy atom. The lowest BCUT2D eigenvalue weighted by Crippen LogP contribution is -2.37. The van der Waals surface area contributed by atoms with Gasteiger partial charge in [0.05, 0.1) is 10.5 Å². The first-order valence-corrected chi connectivity index (χ1v) is 10.2. The zero-order valence-corrected chi connectivity index (χ0v) is 15.7. The van der Waals surface area contributed by atoms with Crippen molar-refractivity contribution in [1.82, 2.24) is 10.6 Å². The standard InChI is InChI=1S/C17H26N2O3S.ClH/c1-23(21,22)16-11-7-6-10-15(16)17(20)19-13-12-18-14-8-4-2-3-5-9-14;/h6-7,10-11,14,18H,2-5,8-9,12-13H2,1H3,(H,19,20);1H. The summed E-state index contributed by atoms with van der Waals surface area (Å²) in [5, 5.41) is 6.28. The second-order valence-electron chi connectivity index (χ2n) is 6.17. The lowest BCUT2D eigenvalue weighted by atomic mass is 10.1. The molecule has 0 heterocycles. The second-order valence-corrected chi connectivity index (χ2v) is 8.15. The van der Waals surface area contributed by atoms with Crippen molar-refractivity contribution >= 4 is 28.2 Å². The number of hydrogen-bond acceptors (Lipinski definition) is 4. The fourth-order valence-electron chi connectivity index (χ4n) is 3.01. The van der Waals surface area contributed by atoms with Crippen LogP contribution in [0, 0.1) is 0 Å². The van der Waals surface area contributed by atoms with Gasteiger partial charge in [-0.25, -0.2) is 8.42 Å². The van der Waals surface area contributed by atoms with Gasteiger partial charge in [0.25, 0.3) is 5.91 Å². The molecule has 136 valence electrons. The van der Waals surface area contributed by atoms with E-state index in [2.05, 4.69) is 10.6 Å². The van der Waals surface area contributed by atoms with Crippen LogP contribution in [0.5, 0.6) is 0 Å². The lowest BCUT2D eigenvalue weighted by molar-refractivity contribution is 0.0950. The monoisotopic (exact) mass is 374 g/mol. The number of benzene rings is 1. The highest BCUT2D eigenvalue weighted by atomic mass is 35.5. The molecule has 0 unspecified atom stereocenters. The highest BCUT2D eigenvalue weighted by molar-refractivity contribution is 7.90. The van der Waals surface area contributed by atoms with Crippen LogP contribution in [0.3, 0.4) is 0 Å². The third-order valence-electron chi connectivity index (χ3n) is 4.23. The Morgan fingerprint density at radius 3 is 2.33 bits per heavy atom. The molecule has 0 atom stereocenters. The molecule has 7 heteroatoms. The van der Waals surface area contributed by atoms with Crippen molar-refractivity contribution in [1.29, 1.82) is 0 Å². The number of sulfone groups is 1. The number of amides is 1. The SMILES string of the molecule is CS(=O)(=O)c1ccccc1C(=O)NCCNC1CCCCCC1.Cl. The number of rotatable bonds is 6. The summed E-state index contributed by atoms with van der Waals surface area (Å²) >= 11 is 0. The van der Waals surface area contributed by atoms with E-state index in [9.17, 15) is 13.2 Å². The Bertz CT molecular complexity index is 626. The molecule has 1 amide bonds. The molecule has 0 bridgehead atoms. The van der Waals surface area contributed by atoms with Gasteiger partial charge in [-0.15, -0.1) is 12.4 Å². The summed E-state index contributed by atoms with van der Waals surface area (Å²) in [6.45, 7) is 1.20. The summed E-state index contributed by atoms with van der Waals surface area (Å²) in [5.74, 6) is -0.339. The molecule has 5 nitrogen and oxygen atoms in total. The zero-order valence-electron chi connectivity index (χ0n) is 14.1. The zero-order chi connectivity index (χ0) is 16.7. The summed E-state index contributed by atoms with van der Waals surface area (Å²) in [7, 11) is -3.41. The molecular formula is C17H27ClN2O3S. The van der Waals surface area contributed by atoms with Crippen molar-refractivity contribution in [3.8, 4) is 0 Å². The van der Waals surface area contributed by atoms with Gasteiger partial charge in [0.2, 0.25) is 0 Å². The molecular weight excluding hydrogens is 348 g/mol. The van der Waals surface area contributed by atoms with Gasteiger partial charge in [-0.05, 0) is 25.0 Å². The fraction of sp³-hybridized carbons (Fsp3) is 0.588. The minimum Gasteiger partial charge on any atom is -0.351 e. The van der Waals surface area contributed by atoms with Gasteiger partial charge in [0.15, 0.2) is 9.84 Å². The largest absolute Gasteiger partial charge is 0.351 e. The van der Waals surface area contributed by atoms with Gasteiger partial charge in [-0.3, -0.25) is 4.79 Å². The summed E-state index contributed by atoms with van der Waals surface area (Å²) < 4.78 is 23.5. The van der Waals surface area contributed by atoms with E-state index in [1.165, 1.54) is 44.6 Å². The van der Waals surface area contributed by atoms with Gasteiger partial charge in [0, 0.05) is 25.4 Å². The predicted octanol–water partition coefficient (Wildman–Crippen LogP) is 2.55. The van der Waals surface area contributed by atoms with E-state index < -0.39 is 9.84 Å². The van der Waals surface area contributed by atoms with E-state index in [0.29, 0.717) is 19.1 Å². The molecule has 24 heavy (non-hydrogen) atoms. The fourth-order valence-corrected chi connectivity index (χ4v) is 3.89. The summed E-state index contributed by atoms with van der Waals surface area (Å²) in [4.78, 5) is 12.3. The van der Waals surface area contributed by atoms with Crippen LogP contribution in [0.15, 0.2) is 29.2 Å². The van der Waals surface area contributed by atoms with Gasteiger partial charge in [0.1, 0.15) is 0 Å². The molecule has 2 N–H and O–H groups in total. The molecule has 0 radical (unpaired) electrons. The molecule has 2 rings (SSSR count). The molecule has 1 fully saturated rings.